The van der Waals surface area contributed by atoms with E-state index in [0.29, 0.717) is 5.92 Å². The topological polar surface area (TPSA) is 39.7 Å². The van der Waals surface area contributed by atoms with Crippen molar-refractivity contribution in [1.29, 1.82) is 0 Å². The van der Waals surface area contributed by atoms with Crippen molar-refractivity contribution in [3.63, 3.8) is 0 Å². The Hall–Kier alpha value is -1.26. The van der Waals surface area contributed by atoms with Crippen LogP contribution in [0.1, 0.15) is 24.9 Å². The second kappa shape index (κ2) is 8.02. The molecule has 0 radical (unpaired) electrons. The Morgan fingerprint density at radius 1 is 1.11 bits per heavy atom. The molecule has 4 nitrogen and oxygen atoms in total. The lowest BCUT2D eigenvalue weighted by atomic mass is 9.91. The first kappa shape index (κ1) is 15.8. The van der Waals surface area contributed by atoms with E-state index >= 15 is 0 Å². The molecule has 2 atom stereocenters. The van der Waals surface area contributed by atoms with E-state index in [4.69, 9.17) is 14.2 Å². The third kappa shape index (κ3) is 3.85. The summed E-state index contributed by atoms with van der Waals surface area (Å²) in [5.41, 5.74) is 1.07. The monoisotopic (exact) mass is 267 g/mol. The molecular formula is C15H25NO3. The zero-order valence-electron chi connectivity index (χ0n) is 12.5. The van der Waals surface area contributed by atoms with Crippen LogP contribution in [0.5, 0.6) is 11.5 Å². The minimum absolute atomic E-state index is 0.168. The van der Waals surface area contributed by atoms with Gasteiger partial charge in [0.1, 0.15) is 11.5 Å². The average molecular weight is 267 g/mol. The third-order valence-electron chi connectivity index (χ3n) is 3.43. The van der Waals surface area contributed by atoms with Gasteiger partial charge in [-0.05, 0) is 31.5 Å². The van der Waals surface area contributed by atoms with Crippen molar-refractivity contribution in [2.75, 3.05) is 35.0 Å². The maximum absolute atomic E-state index is 5.47. The number of rotatable bonds is 8. The molecule has 0 aliphatic rings. The molecule has 1 aromatic rings. The molecule has 0 aromatic heterocycles. The molecule has 108 valence electrons. The third-order valence-corrected chi connectivity index (χ3v) is 3.43. The maximum atomic E-state index is 5.47. The largest absolute Gasteiger partial charge is 0.496 e. The number of hydrogen-bond acceptors (Lipinski definition) is 4. The molecule has 19 heavy (non-hydrogen) atoms. The van der Waals surface area contributed by atoms with Crippen LogP contribution in [-0.2, 0) is 4.74 Å². The summed E-state index contributed by atoms with van der Waals surface area (Å²) < 4.78 is 16.1. The van der Waals surface area contributed by atoms with E-state index in [2.05, 4.69) is 12.2 Å². The van der Waals surface area contributed by atoms with Gasteiger partial charge in [-0.1, -0.05) is 13.0 Å². The van der Waals surface area contributed by atoms with Crippen molar-refractivity contribution in [2.24, 2.45) is 5.92 Å². The highest BCUT2D eigenvalue weighted by Gasteiger charge is 2.24. The van der Waals surface area contributed by atoms with E-state index in [1.54, 1.807) is 21.3 Å². The van der Waals surface area contributed by atoms with Crippen molar-refractivity contribution in [2.45, 2.75) is 19.4 Å². The Bertz CT molecular complexity index is 359. The summed E-state index contributed by atoms with van der Waals surface area (Å²) >= 11 is 0. The molecule has 0 saturated heterocycles. The average Bonchev–Trinajstić information content (AvgIpc) is 2.45. The number of methoxy groups -OCH3 is 3. The summed E-state index contributed by atoms with van der Waals surface area (Å²) in [4.78, 5) is 0. The number of ether oxygens (including phenoxy) is 3. The molecule has 0 heterocycles. The minimum Gasteiger partial charge on any atom is -0.496 e. The molecule has 2 unspecified atom stereocenters. The summed E-state index contributed by atoms with van der Waals surface area (Å²) in [6.07, 6.45) is 0.975. The molecule has 4 heteroatoms. The predicted molar refractivity (Wildman–Crippen MR) is 77.0 cm³/mol. The van der Waals surface area contributed by atoms with Gasteiger partial charge in [-0.3, -0.25) is 0 Å². The first-order valence-electron chi connectivity index (χ1n) is 6.56. The number of nitrogens with one attached hydrogen (secondary N) is 1. The Labute approximate surface area is 116 Å². The molecule has 1 rings (SSSR count). The van der Waals surface area contributed by atoms with Gasteiger partial charge in [-0.15, -0.1) is 0 Å². The van der Waals surface area contributed by atoms with Gasteiger partial charge < -0.3 is 19.5 Å². The summed E-state index contributed by atoms with van der Waals surface area (Å²) in [5.74, 6) is 2.11. The van der Waals surface area contributed by atoms with Crippen LogP contribution in [-0.4, -0.2) is 35.0 Å². The fraction of sp³-hybridized carbons (Fsp3) is 0.600. The van der Waals surface area contributed by atoms with Crippen LogP contribution < -0.4 is 14.8 Å². The second-order valence-electron chi connectivity index (χ2n) is 4.60. The van der Waals surface area contributed by atoms with Crippen LogP contribution in [0.15, 0.2) is 18.2 Å². The van der Waals surface area contributed by atoms with E-state index in [0.717, 1.165) is 30.1 Å². The molecule has 0 aliphatic carbocycles. The van der Waals surface area contributed by atoms with Gasteiger partial charge in [0.05, 0.1) is 19.8 Å². The Morgan fingerprint density at radius 3 is 2.11 bits per heavy atom. The molecule has 0 amide bonds. The van der Waals surface area contributed by atoms with Crippen LogP contribution in [0.2, 0.25) is 0 Å². The highest BCUT2D eigenvalue weighted by atomic mass is 16.5. The van der Waals surface area contributed by atoms with Crippen LogP contribution >= 0.6 is 0 Å². The van der Waals surface area contributed by atoms with Gasteiger partial charge in [-0.25, -0.2) is 0 Å². The van der Waals surface area contributed by atoms with Gasteiger partial charge in [-0.2, -0.15) is 0 Å². The van der Waals surface area contributed by atoms with Crippen LogP contribution in [0.4, 0.5) is 0 Å². The Balaban J connectivity index is 3.08. The molecule has 0 spiro atoms. The second-order valence-corrected chi connectivity index (χ2v) is 4.60. The quantitative estimate of drug-likeness (QED) is 0.786. The molecule has 0 bridgehead atoms. The summed E-state index contributed by atoms with van der Waals surface area (Å²) in [5, 5.41) is 3.36. The van der Waals surface area contributed by atoms with E-state index in [1.807, 2.05) is 25.2 Å². The molecule has 1 aromatic carbocycles. The van der Waals surface area contributed by atoms with E-state index in [-0.39, 0.29) is 6.04 Å². The first-order valence-corrected chi connectivity index (χ1v) is 6.56. The fourth-order valence-corrected chi connectivity index (χ4v) is 2.37. The van der Waals surface area contributed by atoms with Crippen LogP contribution in [0.3, 0.4) is 0 Å². The van der Waals surface area contributed by atoms with E-state index < -0.39 is 0 Å². The minimum atomic E-state index is 0.168. The van der Waals surface area contributed by atoms with E-state index in [1.165, 1.54) is 0 Å². The fourth-order valence-electron chi connectivity index (χ4n) is 2.37. The van der Waals surface area contributed by atoms with Crippen LogP contribution in [0.25, 0.3) is 0 Å². The van der Waals surface area contributed by atoms with Crippen molar-refractivity contribution in [1.82, 2.24) is 5.32 Å². The number of hydrogen-bond donors (Lipinski definition) is 1. The summed E-state index contributed by atoms with van der Waals surface area (Å²) in [7, 11) is 7.06. The van der Waals surface area contributed by atoms with Gasteiger partial charge in [0.15, 0.2) is 0 Å². The van der Waals surface area contributed by atoms with Gasteiger partial charge >= 0.3 is 0 Å². The lowest BCUT2D eigenvalue weighted by Gasteiger charge is -2.27. The molecular weight excluding hydrogens is 242 g/mol. The van der Waals surface area contributed by atoms with Crippen molar-refractivity contribution in [3.8, 4) is 11.5 Å². The van der Waals surface area contributed by atoms with Crippen molar-refractivity contribution in [3.05, 3.63) is 23.8 Å². The predicted octanol–water partition coefficient (Wildman–Crippen LogP) is 2.64. The summed E-state index contributed by atoms with van der Waals surface area (Å²) in [6, 6.07) is 6.03. The standard InChI is InChI=1S/C15H25NO3/c1-11(9-10-17-3)15(16-2)14-12(18-4)7-6-8-13(14)19-5/h6-8,11,15-16H,9-10H2,1-5H3. The molecule has 0 saturated carbocycles. The van der Waals surface area contributed by atoms with Crippen molar-refractivity contribution >= 4 is 0 Å². The van der Waals surface area contributed by atoms with Crippen LogP contribution in [0, 0.1) is 5.92 Å². The Morgan fingerprint density at radius 2 is 1.68 bits per heavy atom. The van der Waals surface area contributed by atoms with Gasteiger partial charge in [0, 0.05) is 19.8 Å². The maximum Gasteiger partial charge on any atom is 0.127 e. The first-order chi connectivity index (χ1) is 9.19. The zero-order valence-corrected chi connectivity index (χ0v) is 12.5. The number of benzene rings is 1. The highest BCUT2D eigenvalue weighted by molar-refractivity contribution is 5.47. The van der Waals surface area contributed by atoms with Crippen molar-refractivity contribution < 1.29 is 14.2 Å². The highest BCUT2D eigenvalue weighted by Crippen LogP contribution is 2.38. The zero-order chi connectivity index (χ0) is 14.3. The SMILES string of the molecule is CNC(c1c(OC)cccc1OC)C(C)CCOC. The lowest BCUT2D eigenvalue weighted by molar-refractivity contribution is 0.170. The van der Waals surface area contributed by atoms with E-state index in [9.17, 15) is 0 Å². The molecule has 0 fully saturated rings. The van der Waals surface area contributed by atoms with Gasteiger partial charge in [0.2, 0.25) is 0 Å². The lowest BCUT2D eigenvalue weighted by Crippen LogP contribution is -2.25. The van der Waals surface area contributed by atoms with Gasteiger partial charge in [0.25, 0.3) is 0 Å². The Kier molecular flexibility index (Phi) is 6.67. The molecule has 0 aliphatic heterocycles. The summed E-state index contributed by atoms with van der Waals surface area (Å²) in [6.45, 7) is 2.95. The molecule has 1 N–H and O–H groups in total. The smallest absolute Gasteiger partial charge is 0.127 e. The normalized spacial score (nSPS) is 13.9.